The first-order valence-corrected chi connectivity index (χ1v) is 5.97. The summed E-state index contributed by atoms with van der Waals surface area (Å²) in [6.45, 7) is 0. The molecule has 1 aromatic heterocycles. The Labute approximate surface area is 106 Å². The van der Waals surface area contributed by atoms with Crippen LogP contribution in [0.5, 0.6) is 0 Å². The van der Waals surface area contributed by atoms with Crippen LogP contribution in [0, 0.1) is 0 Å². The Balaban J connectivity index is 2.34. The highest BCUT2D eigenvalue weighted by Crippen LogP contribution is 2.34. The molecule has 0 saturated carbocycles. The SMILES string of the molecule is Clc1ccc(C(Br)c2ccoc2)cc1Cl. The molecule has 0 amide bonds. The van der Waals surface area contributed by atoms with Crippen LogP contribution in [0.4, 0.5) is 0 Å². The Kier molecular flexibility index (Phi) is 3.39. The molecular formula is C11H7BrCl2O. The van der Waals surface area contributed by atoms with Gasteiger partial charge in [0.05, 0.1) is 27.4 Å². The Morgan fingerprint density at radius 2 is 1.87 bits per heavy atom. The monoisotopic (exact) mass is 304 g/mol. The summed E-state index contributed by atoms with van der Waals surface area (Å²) in [5.41, 5.74) is 2.10. The number of hydrogen-bond acceptors (Lipinski definition) is 1. The average Bonchev–Trinajstić information content (AvgIpc) is 2.74. The van der Waals surface area contributed by atoms with Crippen molar-refractivity contribution >= 4 is 39.1 Å². The summed E-state index contributed by atoms with van der Waals surface area (Å²) in [5, 5.41) is 1.12. The molecular weight excluding hydrogens is 299 g/mol. The number of benzene rings is 1. The fourth-order valence-corrected chi connectivity index (χ4v) is 2.13. The van der Waals surface area contributed by atoms with Gasteiger partial charge in [-0.05, 0) is 23.8 Å². The van der Waals surface area contributed by atoms with E-state index in [1.54, 1.807) is 18.6 Å². The molecule has 1 heterocycles. The summed E-state index contributed by atoms with van der Waals surface area (Å²) in [6, 6.07) is 7.46. The van der Waals surface area contributed by atoms with Crippen LogP contribution in [0.15, 0.2) is 41.2 Å². The van der Waals surface area contributed by atoms with E-state index in [-0.39, 0.29) is 4.83 Å². The number of hydrogen-bond donors (Lipinski definition) is 0. The number of rotatable bonds is 2. The second kappa shape index (κ2) is 4.60. The maximum absolute atomic E-state index is 5.94. The van der Waals surface area contributed by atoms with Crippen LogP contribution in [0.2, 0.25) is 10.0 Å². The van der Waals surface area contributed by atoms with E-state index in [2.05, 4.69) is 15.9 Å². The highest BCUT2D eigenvalue weighted by atomic mass is 79.9. The first-order chi connectivity index (χ1) is 7.18. The molecule has 0 bridgehead atoms. The molecule has 1 unspecified atom stereocenters. The van der Waals surface area contributed by atoms with E-state index >= 15 is 0 Å². The van der Waals surface area contributed by atoms with Crippen molar-refractivity contribution in [3.63, 3.8) is 0 Å². The predicted molar refractivity (Wildman–Crippen MR) is 65.9 cm³/mol. The molecule has 78 valence electrons. The van der Waals surface area contributed by atoms with E-state index in [0.29, 0.717) is 10.0 Å². The van der Waals surface area contributed by atoms with E-state index in [4.69, 9.17) is 27.6 Å². The van der Waals surface area contributed by atoms with E-state index in [0.717, 1.165) is 11.1 Å². The fraction of sp³-hybridized carbons (Fsp3) is 0.0909. The van der Waals surface area contributed by atoms with Crippen LogP contribution in [0.25, 0.3) is 0 Å². The molecule has 0 aliphatic rings. The molecule has 1 nitrogen and oxygen atoms in total. The lowest BCUT2D eigenvalue weighted by Crippen LogP contribution is -1.90. The summed E-state index contributed by atoms with van der Waals surface area (Å²) < 4.78 is 5.02. The lowest BCUT2D eigenvalue weighted by Gasteiger charge is -2.08. The van der Waals surface area contributed by atoms with Crippen LogP contribution < -0.4 is 0 Å². The highest BCUT2D eigenvalue weighted by Gasteiger charge is 2.12. The predicted octanol–water partition coefficient (Wildman–Crippen LogP) is 5.07. The zero-order chi connectivity index (χ0) is 10.8. The normalized spacial score (nSPS) is 12.7. The standard InChI is InChI=1S/C11H7BrCl2O/c12-11(8-3-4-15-6-8)7-1-2-9(13)10(14)5-7/h1-6,11H. The Morgan fingerprint density at radius 3 is 2.47 bits per heavy atom. The Bertz CT molecular complexity index is 454. The lowest BCUT2D eigenvalue weighted by molar-refractivity contribution is 0.564. The zero-order valence-electron chi connectivity index (χ0n) is 7.58. The topological polar surface area (TPSA) is 13.1 Å². The van der Waals surface area contributed by atoms with Crippen molar-refractivity contribution in [2.75, 3.05) is 0 Å². The van der Waals surface area contributed by atoms with Crippen molar-refractivity contribution in [2.24, 2.45) is 0 Å². The minimum atomic E-state index is 0.0750. The van der Waals surface area contributed by atoms with Crippen molar-refractivity contribution in [2.45, 2.75) is 4.83 Å². The van der Waals surface area contributed by atoms with Gasteiger partial charge in [-0.1, -0.05) is 45.2 Å². The van der Waals surface area contributed by atoms with Gasteiger partial charge < -0.3 is 4.42 Å². The van der Waals surface area contributed by atoms with Crippen molar-refractivity contribution in [3.8, 4) is 0 Å². The second-order valence-electron chi connectivity index (χ2n) is 3.09. The quantitative estimate of drug-likeness (QED) is 0.706. The third-order valence-corrected chi connectivity index (χ3v) is 3.87. The van der Waals surface area contributed by atoms with Gasteiger partial charge in [0.1, 0.15) is 0 Å². The van der Waals surface area contributed by atoms with Crippen molar-refractivity contribution < 1.29 is 4.42 Å². The van der Waals surface area contributed by atoms with Gasteiger partial charge in [-0.15, -0.1) is 0 Å². The summed E-state index contributed by atoms with van der Waals surface area (Å²) >= 11 is 15.4. The van der Waals surface area contributed by atoms with E-state index in [1.165, 1.54) is 0 Å². The Hall–Kier alpha value is -0.440. The smallest absolute Gasteiger partial charge is 0.0949 e. The van der Waals surface area contributed by atoms with Crippen LogP contribution in [0.1, 0.15) is 16.0 Å². The molecule has 2 aromatic rings. The maximum atomic E-state index is 5.94. The third-order valence-electron chi connectivity index (χ3n) is 2.07. The number of alkyl halides is 1. The van der Waals surface area contributed by atoms with E-state index in [1.807, 2.05) is 18.2 Å². The highest BCUT2D eigenvalue weighted by molar-refractivity contribution is 9.09. The van der Waals surface area contributed by atoms with Crippen LogP contribution in [-0.4, -0.2) is 0 Å². The van der Waals surface area contributed by atoms with Gasteiger partial charge in [-0.3, -0.25) is 0 Å². The van der Waals surface area contributed by atoms with E-state index < -0.39 is 0 Å². The van der Waals surface area contributed by atoms with Crippen LogP contribution >= 0.6 is 39.1 Å². The van der Waals surface area contributed by atoms with Gasteiger partial charge in [-0.25, -0.2) is 0 Å². The minimum absolute atomic E-state index is 0.0750. The molecule has 0 aliphatic heterocycles. The molecule has 0 N–H and O–H groups in total. The number of halogens is 3. The first-order valence-electron chi connectivity index (χ1n) is 4.29. The lowest BCUT2D eigenvalue weighted by atomic mass is 10.1. The van der Waals surface area contributed by atoms with Gasteiger partial charge >= 0.3 is 0 Å². The fourth-order valence-electron chi connectivity index (χ4n) is 1.28. The maximum Gasteiger partial charge on any atom is 0.0949 e. The minimum Gasteiger partial charge on any atom is -0.472 e. The summed E-state index contributed by atoms with van der Waals surface area (Å²) in [7, 11) is 0. The summed E-state index contributed by atoms with van der Waals surface area (Å²) in [4.78, 5) is 0.0750. The first kappa shape index (κ1) is 11.1. The molecule has 0 fully saturated rings. The Morgan fingerprint density at radius 1 is 1.07 bits per heavy atom. The average molecular weight is 306 g/mol. The van der Waals surface area contributed by atoms with Gasteiger partial charge in [0, 0.05) is 5.56 Å². The molecule has 4 heteroatoms. The number of furan rings is 1. The van der Waals surface area contributed by atoms with Gasteiger partial charge in [0.15, 0.2) is 0 Å². The molecule has 0 saturated heterocycles. The van der Waals surface area contributed by atoms with Crippen molar-refractivity contribution in [1.29, 1.82) is 0 Å². The molecule has 15 heavy (non-hydrogen) atoms. The summed E-state index contributed by atoms with van der Waals surface area (Å²) in [6.07, 6.45) is 3.34. The molecule has 1 aromatic carbocycles. The molecule has 1 atom stereocenters. The van der Waals surface area contributed by atoms with Crippen molar-refractivity contribution in [3.05, 3.63) is 58.0 Å². The van der Waals surface area contributed by atoms with Crippen LogP contribution in [0.3, 0.4) is 0 Å². The second-order valence-corrected chi connectivity index (χ2v) is 4.82. The molecule has 0 aliphatic carbocycles. The third kappa shape index (κ3) is 2.39. The van der Waals surface area contributed by atoms with Crippen molar-refractivity contribution in [1.82, 2.24) is 0 Å². The van der Waals surface area contributed by atoms with E-state index in [9.17, 15) is 0 Å². The van der Waals surface area contributed by atoms with Gasteiger partial charge in [-0.2, -0.15) is 0 Å². The molecule has 0 radical (unpaired) electrons. The largest absolute Gasteiger partial charge is 0.472 e. The van der Waals surface area contributed by atoms with Gasteiger partial charge in [0.2, 0.25) is 0 Å². The van der Waals surface area contributed by atoms with Gasteiger partial charge in [0.25, 0.3) is 0 Å². The molecule has 0 spiro atoms. The van der Waals surface area contributed by atoms with Crippen LogP contribution in [-0.2, 0) is 0 Å². The zero-order valence-corrected chi connectivity index (χ0v) is 10.7. The summed E-state index contributed by atoms with van der Waals surface area (Å²) in [5.74, 6) is 0. The molecule has 2 rings (SSSR count).